The van der Waals surface area contributed by atoms with Crippen LogP contribution in [0.15, 0.2) is 77.6 Å². The Hall–Kier alpha value is -4.38. The van der Waals surface area contributed by atoms with Gasteiger partial charge in [-0.15, -0.1) is 0 Å². The third-order valence-corrected chi connectivity index (χ3v) is 6.81. The molecular weight excluding hydrogens is 561 g/mol. The Morgan fingerprint density at radius 2 is 1.68 bits per heavy atom. The molecule has 1 unspecified atom stereocenters. The number of halogens is 4. The number of ether oxygens (including phenoxy) is 1. The first-order valence-corrected chi connectivity index (χ1v) is 12.8. The van der Waals surface area contributed by atoms with Gasteiger partial charge < -0.3 is 10.1 Å². The smallest absolute Gasteiger partial charge is 0.416 e. The van der Waals surface area contributed by atoms with Gasteiger partial charge in [0.25, 0.3) is 0 Å². The van der Waals surface area contributed by atoms with E-state index in [1.54, 1.807) is 50.2 Å². The van der Waals surface area contributed by atoms with Crippen molar-refractivity contribution in [3.05, 3.63) is 111 Å². The predicted molar refractivity (Wildman–Crippen MR) is 146 cm³/mol. The van der Waals surface area contributed by atoms with Crippen molar-refractivity contribution in [3.8, 4) is 11.4 Å². The zero-order valence-electron chi connectivity index (χ0n) is 22.3. The SMILES string of the molecule is COC(=O)c1cccc(C(CC(=O)NC(C)(C)c2cccc(C(F)(F)F)c2)n2c(-c3ccc(Cl)cc3)n[nH]c2=O)c1. The highest BCUT2D eigenvalue weighted by molar-refractivity contribution is 6.30. The highest BCUT2D eigenvalue weighted by Gasteiger charge is 2.33. The van der Waals surface area contributed by atoms with Crippen LogP contribution in [0.25, 0.3) is 11.4 Å². The average Bonchev–Trinajstić information content (AvgIpc) is 3.32. The molecule has 0 bridgehead atoms. The van der Waals surface area contributed by atoms with Gasteiger partial charge in [-0.3, -0.25) is 9.36 Å². The Labute approximate surface area is 238 Å². The lowest BCUT2D eigenvalue weighted by Gasteiger charge is -2.29. The van der Waals surface area contributed by atoms with Gasteiger partial charge >= 0.3 is 17.8 Å². The molecule has 0 fully saturated rings. The number of nitrogens with zero attached hydrogens (tertiary/aromatic N) is 2. The minimum atomic E-state index is -4.55. The number of H-pyrrole nitrogens is 1. The molecule has 0 radical (unpaired) electrons. The number of methoxy groups -OCH3 is 1. The number of amides is 1. The first-order chi connectivity index (χ1) is 19.3. The molecular formula is C29H26ClF3N4O4. The Balaban J connectivity index is 1.74. The van der Waals surface area contributed by atoms with Crippen molar-refractivity contribution in [2.75, 3.05) is 7.11 Å². The van der Waals surface area contributed by atoms with Gasteiger partial charge in [0.1, 0.15) is 0 Å². The van der Waals surface area contributed by atoms with Gasteiger partial charge in [0, 0.05) is 10.6 Å². The van der Waals surface area contributed by atoms with Crippen LogP contribution in [0.4, 0.5) is 13.2 Å². The summed E-state index contributed by atoms with van der Waals surface area (Å²) in [7, 11) is 1.23. The van der Waals surface area contributed by atoms with Gasteiger partial charge in [-0.05, 0) is 73.5 Å². The van der Waals surface area contributed by atoms with Gasteiger partial charge in [0.05, 0.1) is 36.2 Å². The van der Waals surface area contributed by atoms with E-state index in [0.29, 0.717) is 16.1 Å². The van der Waals surface area contributed by atoms with Crippen molar-refractivity contribution in [2.24, 2.45) is 0 Å². The second kappa shape index (κ2) is 11.6. The zero-order valence-corrected chi connectivity index (χ0v) is 23.0. The molecule has 1 heterocycles. The molecule has 12 heteroatoms. The van der Waals surface area contributed by atoms with E-state index in [9.17, 15) is 27.6 Å². The minimum Gasteiger partial charge on any atom is -0.465 e. The van der Waals surface area contributed by atoms with E-state index in [-0.39, 0.29) is 23.4 Å². The number of aromatic amines is 1. The summed E-state index contributed by atoms with van der Waals surface area (Å²) in [5, 5.41) is 9.82. The number of aromatic nitrogens is 3. The van der Waals surface area contributed by atoms with Crippen LogP contribution in [0.1, 0.15) is 53.4 Å². The van der Waals surface area contributed by atoms with E-state index in [1.165, 1.54) is 35.9 Å². The lowest BCUT2D eigenvalue weighted by Crippen LogP contribution is -2.42. The molecule has 1 aromatic heterocycles. The molecule has 41 heavy (non-hydrogen) atoms. The van der Waals surface area contributed by atoms with Crippen LogP contribution in [-0.4, -0.2) is 33.8 Å². The van der Waals surface area contributed by atoms with Crippen LogP contribution in [0, 0.1) is 0 Å². The normalized spacial score (nSPS) is 12.6. The molecule has 1 atom stereocenters. The highest BCUT2D eigenvalue weighted by Crippen LogP contribution is 2.33. The molecule has 214 valence electrons. The van der Waals surface area contributed by atoms with Gasteiger partial charge in [-0.2, -0.15) is 18.3 Å². The molecule has 2 N–H and O–H groups in total. The minimum absolute atomic E-state index is 0.198. The van der Waals surface area contributed by atoms with Crippen LogP contribution in [0.2, 0.25) is 5.02 Å². The van der Waals surface area contributed by atoms with E-state index in [2.05, 4.69) is 15.5 Å². The van der Waals surface area contributed by atoms with Crippen LogP contribution < -0.4 is 11.0 Å². The summed E-state index contributed by atoms with van der Waals surface area (Å²) < 4.78 is 46.1. The van der Waals surface area contributed by atoms with Crippen molar-refractivity contribution in [1.82, 2.24) is 20.1 Å². The van der Waals surface area contributed by atoms with Crippen molar-refractivity contribution in [2.45, 2.75) is 38.0 Å². The first-order valence-electron chi connectivity index (χ1n) is 12.4. The number of carbonyl (C=O) groups excluding carboxylic acids is 2. The van der Waals surface area contributed by atoms with E-state index in [0.717, 1.165) is 12.1 Å². The van der Waals surface area contributed by atoms with Crippen molar-refractivity contribution >= 4 is 23.5 Å². The molecule has 0 aliphatic carbocycles. The number of esters is 1. The quantitative estimate of drug-likeness (QED) is 0.257. The Kier molecular flexibility index (Phi) is 8.39. The Bertz CT molecular complexity index is 1630. The molecule has 1 amide bonds. The summed E-state index contributed by atoms with van der Waals surface area (Å²) in [6.07, 6.45) is -4.86. The summed E-state index contributed by atoms with van der Waals surface area (Å²) in [4.78, 5) is 38.8. The van der Waals surface area contributed by atoms with Gasteiger partial charge in [-0.25, -0.2) is 14.7 Å². The van der Waals surface area contributed by atoms with E-state index < -0.39 is 40.9 Å². The molecule has 0 saturated heterocycles. The highest BCUT2D eigenvalue weighted by atomic mass is 35.5. The maximum Gasteiger partial charge on any atom is 0.416 e. The number of carbonyl (C=O) groups is 2. The Morgan fingerprint density at radius 1 is 1.02 bits per heavy atom. The fraction of sp³-hybridized carbons (Fsp3) is 0.241. The third kappa shape index (κ3) is 6.68. The number of nitrogens with one attached hydrogen (secondary N) is 2. The molecule has 4 aromatic rings. The largest absolute Gasteiger partial charge is 0.465 e. The lowest BCUT2D eigenvalue weighted by molar-refractivity contribution is -0.137. The molecule has 0 saturated carbocycles. The number of benzene rings is 3. The van der Waals surface area contributed by atoms with E-state index in [1.807, 2.05) is 0 Å². The second-order valence-electron chi connectivity index (χ2n) is 9.82. The average molecular weight is 587 g/mol. The predicted octanol–water partition coefficient (Wildman–Crippen LogP) is 5.73. The van der Waals surface area contributed by atoms with Crippen LogP contribution >= 0.6 is 11.6 Å². The van der Waals surface area contributed by atoms with Crippen LogP contribution in [0.5, 0.6) is 0 Å². The lowest BCUT2D eigenvalue weighted by atomic mass is 9.92. The van der Waals surface area contributed by atoms with Crippen molar-refractivity contribution in [1.29, 1.82) is 0 Å². The second-order valence-corrected chi connectivity index (χ2v) is 10.3. The van der Waals surface area contributed by atoms with Gasteiger partial charge in [0.2, 0.25) is 5.91 Å². The molecule has 3 aromatic carbocycles. The first kappa shape index (κ1) is 29.6. The van der Waals surface area contributed by atoms with Crippen LogP contribution in [-0.2, 0) is 21.2 Å². The summed E-state index contributed by atoms with van der Waals surface area (Å²) in [6.45, 7) is 3.16. The standard InChI is InChI=1S/C29H26ClF3N4O4/c1-28(2,20-8-5-9-21(15-20)29(31,32)33)34-24(38)16-23(18-6-4-7-19(14-18)26(39)41-3)37-25(35-36-27(37)40)17-10-12-22(30)13-11-17/h4-15,23H,16H2,1-3H3,(H,34,38)(H,36,40). The van der Waals surface area contributed by atoms with E-state index in [4.69, 9.17) is 16.3 Å². The summed E-state index contributed by atoms with van der Waals surface area (Å²) in [6, 6.07) is 16.6. The maximum absolute atomic E-state index is 13.5. The molecule has 4 rings (SSSR count). The van der Waals surface area contributed by atoms with Crippen molar-refractivity contribution < 1.29 is 27.5 Å². The summed E-state index contributed by atoms with van der Waals surface area (Å²) in [5.41, 5.74) is -1.25. The summed E-state index contributed by atoms with van der Waals surface area (Å²) in [5.74, 6) is -0.959. The Morgan fingerprint density at radius 3 is 2.34 bits per heavy atom. The van der Waals surface area contributed by atoms with Gasteiger partial charge in [-0.1, -0.05) is 35.9 Å². The fourth-order valence-electron chi connectivity index (χ4n) is 4.48. The molecule has 0 spiro atoms. The summed E-state index contributed by atoms with van der Waals surface area (Å²) >= 11 is 6.02. The number of rotatable bonds is 8. The van der Waals surface area contributed by atoms with Gasteiger partial charge in [0.15, 0.2) is 5.82 Å². The number of hydrogen-bond donors (Lipinski definition) is 2. The molecule has 8 nitrogen and oxygen atoms in total. The number of hydrogen-bond acceptors (Lipinski definition) is 5. The van der Waals surface area contributed by atoms with E-state index >= 15 is 0 Å². The maximum atomic E-state index is 13.5. The van der Waals surface area contributed by atoms with Crippen molar-refractivity contribution in [3.63, 3.8) is 0 Å². The monoisotopic (exact) mass is 586 g/mol. The van der Waals surface area contributed by atoms with Crippen LogP contribution in [0.3, 0.4) is 0 Å². The number of alkyl halides is 3. The zero-order chi connectivity index (χ0) is 29.9. The fourth-order valence-corrected chi connectivity index (χ4v) is 4.60. The topological polar surface area (TPSA) is 106 Å². The molecule has 0 aliphatic rings. The third-order valence-electron chi connectivity index (χ3n) is 6.55. The molecule has 0 aliphatic heterocycles.